The summed E-state index contributed by atoms with van der Waals surface area (Å²) in [5.74, 6) is -0.149. The van der Waals surface area contributed by atoms with Gasteiger partial charge in [0.15, 0.2) is 0 Å². The minimum atomic E-state index is -0.237. The molecule has 0 unspecified atom stereocenters. The first-order valence-electron chi connectivity index (χ1n) is 9.00. The van der Waals surface area contributed by atoms with Crippen LogP contribution >= 0.6 is 0 Å². The van der Waals surface area contributed by atoms with Crippen LogP contribution in [0.25, 0.3) is 10.8 Å². The van der Waals surface area contributed by atoms with Crippen LogP contribution < -0.4 is 5.32 Å². The summed E-state index contributed by atoms with van der Waals surface area (Å²) in [5.41, 5.74) is 1.56. The number of amides is 1. The standard InChI is InChI=1S/C22H21FN2O/c23-17-7-4-8-19(15-17)24-18-11-13-25(14-12-18)22(26)21-10-3-6-16-5-1-2-9-20(16)21/h1-10,15,18,24H,11-14H2. The molecule has 0 atom stereocenters. The van der Waals surface area contributed by atoms with Crippen molar-refractivity contribution in [3.63, 3.8) is 0 Å². The molecule has 0 radical (unpaired) electrons. The molecule has 132 valence electrons. The number of anilines is 1. The molecule has 3 nitrogen and oxygen atoms in total. The number of halogens is 1. The summed E-state index contributed by atoms with van der Waals surface area (Å²) in [6.45, 7) is 1.41. The van der Waals surface area contributed by atoms with E-state index >= 15 is 0 Å². The van der Waals surface area contributed by atoms with E-state index in [0.717, 1.165) is 34.9 Å². The third kappa shape index (κ3) is 3.40. The fraction of sp³-hybridized carbons (Fsp3) is 0.227. The van der Waals surface area contributed by atoms with Gasteiger partial charge in [0.2, 0.25) is 0 Å². The number of carbonyl (C=O) groups excluding carboxylic acids is 1. The SMILES string of the molecule is O=C(c1cccc2ccccc12)N1CCC(Nc2cccc(F)c2)CC1. The van der Waals surface area contributed by atoms with Crippen LogP contribution in [0.15, 0.2) is 66.7 Å². The van der Waals surface area contributed by atoms with E-state index in [2.05, 4.69) is 5.32 Å². The fourth-order valence-electron chi connectivity index (χ4n) is 3.62. The quantitative estimate of drug-likeness (QED) is 0.744. The van der Waals surface area contributed by atoms with Crippen LogP contribution in [-0.2, 0) is 0 Å². The molecule has 1 saturated heterocycles. The first kappa shape index (κ1) is 16.6. The average molecular weight is 348 g/mol. The Labute approximate surface area is 152 Å². The van der Waals surface area contributed by atoms with E-state index in [1.807, 2.05) is 53.4 Å². The molecule has 1 amide bonds. The predicted octanol–water partition coefficient (Wildman–Crippen LogP) is 4.70. The Morgan fingerprint density at radius 1 is 0.962 bits per heavy atom. The van der Waals surface area contributed by atoms with Crippen LogP contribution in [0.1, 0.15) is 23.2 Å². The largest absolute Gasteiger partial charge is 0.382 e. The van der Waals surface area contributed by atoms with Crippen LogP contribution in [0.4, 0.5) is 10.1 Å². The number of rotatable bonds is 3. The van der Waals surface area contributed by atoms with Gasteiger partial charge in [0.25, 0.3) is 5.91 Å². The third-order valence-corrected chi connectivity index (χ3v) is 5.00. The summed E-state index contributed by atoms with van der Waals surface area (Å²) < 4.78 is 13.3. The molecule has 26 heavy (non-hydrogen) atoms. The van der Waals surface area contributed by atoms with Gasteiger partial charge < -0.3 is 10.2 Å². The molecule has 1 N–H and O–H groups in total. The molecule has 3 aromatic rings. The normalized spacial score (nSPS) is 15.2. The Bertz CT molecular complexity index is 927. The van der Waals surface area contributed by atoms with Crippen molar-refractivity contribution in [1.82, 2.24) is 4.90 Å². The minimum absolute atomic E-state index is 0.0889. The Morgan fingerprint density at radius 2 is 1.69 bits per heavy atom. The van der Waals surface area contributed by atoms with Gasteiger partial charge in [-0.1, -0.05) is 42.5 Å². The monoisotopic (exact) mass is 348 g/mol. The highest BCUT2D eigenvalue weighted by molar-refractivity contribution is 6.07. The lowest BCUT2D eigenvalue weighted by Crippen LogP contribution is -2.42. The summed E-state index contributed by atoms with van der Waals surface area (Å²) in [6.07, 6.45) is 1.71. The van der Waals surface area contributed by atoms with Crippen molar-refractivity contribution in [2.75, 3.05) is 18.4 Å². The number of nitrogens with one attached hydrogen (secondary N) is 1. The molecule has 0 aliphatic carbocycles. The van der Waals surface area contributed by atoms with Crippen molar-refractivity contribution >= 4 is 22.4 Å². The zero-order chi connectivity index (χ0) is 17.9. The van der Waals surface area contributed by atoms with E-state index < -0.39 is 0 Å². The first-order valence-corrected chi connectivity index (χ1v) is 9.00. The van der Waals surface area contributed by atoms with Crippen LogP contribution in [-0.4, -0.2) is 29.9 Å². The van der Waals surface area contributed by atoms with Crippen molar-refractivity contribution in [2.24, 2.45) is 0 Å². The maximum absolute atomic E-state index is 13.3. The second kappa shape index (κ2) is 7.16. The Balaban J connectivity index is 1.43. The van der Waals surface area contributed by atoms with Crippen molar-refractivity contribution in [3.05, 3.63) is 78.1 Å². The fourth-order valence-corrected chi connectivity index (χ4v) is 3.62. The van der Waals surface area contributed by atoms with E-state index in [-0.39, 0.29) is 17.8 Å². The molecule has 1 heterocycles. The minimum Gasteiger partial charge on any atom is -0.382 e. The Kier molecular flexibility index (Phi) is 4.57. The number of likely N-dealkylation sites (tertiary alicyclic amines) is 1. The van der Waals surface area contributed by atoms with Crippen molar-refractivity contribution in [1.29, 1.82) is 0 Å². The molecule has 3 aromatic carbocycles. The number of hydrogen-bond donors (Lipinski definition) is 1. The molecule has 1 aliphatic heterocycles. The van der Waals surface area contributed by atoms with Gasteiger partial charge in [0.1, 0.15) is 5.82 Å². The first-order chi connectivity index (χ1) is 12.7. The van der Waals surface area contributed by atoms with Crippen molar-refractivity contribution in [3.8, 4) is 0 Å². The van der Waals surface area contributed by atoms with Gasteiger partial charge in [-0.2, -0.15) is 0 Å². The molecular formula is C22H21FN2O. The number of piperidine rings is 1. The molecule has 0 bridgehead atoms. The van der Waals surface area contributed by atoms with Crippen LogP contribution in [0.5, 0.6) is 0 Å². The lowest BCUT2D eigenvalue weighted by molar-refractivity contribution is 0.0720. The number of fused-ring (bicyclic) bond motifs is 1. The van der Waals surface area contributed by atoms with Crippen LogP contribution in [0.3, 0.4) is 0 Å². The number of hydrogen-bond acceptors (Lipinski definition) is 2. The highest BCUT2D eigenvalue weighted by Crippen LogP contribution is 2.23. The number of carbonyl (C=O) groups is 1. The van der Waals surface area contributed by atoms with Gasteiger partial charge in [0.05, 0.1) is 0 Å². The van der Waals surface area contributed by atoms with Gasteiger partial charge in [-0.3, -0.25) is 4.79 Å². The van der Waals surface area contributed by atoms with Crippen molar-refractivity contribution < 1.29 is 9.18 Å². The van der Waals surface area contributed by atoms with Gasteiger partial charge in [-0.15, -0.1) is 0 Å². The van der Waals surface area contributed by atoms with E-state index in [1.165, 1.54) is 12.1 Å². The second-order valence-corrected chi connectivity index (χ2v) is 6.75. The number of nitrogens with zero attached hydrogens (tertiary/aromatic N) is 1. The molecule has 0 saturated carbocycles. The summed E-state index contributed by atoms with van der Waals surface area (Å²) in [7, 11) is 0. The maximum atomic E-state index is 13.3. The van der Waals surface area contributed by atoms with Gasteiger partial charge in [-0.25, -0.2) is 4.39 Å². The Morgan fingerprint density at radius 3 is 2.50 bits per heavy atom. The van der Waals surface area contributed by atoms with E-state index in [0.29, 0.717) is 13.1 Å². The molecule has 0 spiro atoms. The molecule has 1 aliphatic rings. The summed E-state index contributed by atoms with van der Waals surface area (Å²) in [6, 6.07) is 20.6. The predicted molar refractivity (Wildman–Crippen MR) is 103 cm³/mol. The van der Waals surface area contributed by atoms with Gasteiger partial charge in [-0.05, 0) is 47.9 Å². The number of benzene rings is 3. The maximum Gasteiger partial charge on any atom is 0.254 e. The average Bonchev–Trinajstić information content (AvgIpc) is 2.68. The van der Waals surface area contributed by atoms with E-state index in [4.69, 9.17) is 0 Å². The van der Waals surface area contributed by atoms with Crippen LogP contribution in [0.2, 0.25) is 0 Å². The zero-order valence-electron chi connectivity index (χ0n) is 14.5. The topological polar surface area (TPSA) is 32.3 Å². The Hall–Kier alpha value is -2.88. The highest BCUT2D eigenvalue weighted by atomic mass is 19.1. The van der Waals surface area contributed by atoms with E-state index in [9.17, 15) is 9.18 Å². The highest BCUT2D eigenvalue weighted by Gasteiger charge is 2.24. The smallest absolute Gasteiger partial charge is 0.254 e. The molecular weight excluding hydrogens is 327 g/mol. The van der Waals surface area contributed by atoms with Crippen LogP contribution in [0, 0.1) is 5.82 Å². The van der Waals surface area contributed by atoms with Gasteiger partial charge in [0, 0.05) is 30.4 Å². The lowest BCUT2D eigenvalue weighted by Gasteiger charge is -2.33. The van der Waals surface area contributed by atoms with Crippen molar-refractivity contribution in [2.45, 2.75) is 18.9 Å². The summed E-state index contributed by atoms with van der Waals surface area (Å²) >= 11 is 0. The summed E-state index contributed by atoms with van der Waals surface area (Å²) in [4.78, 5) is 14.9. The molecule has 4 heteroatoms. The molecule has 4 rings (SSSR count). The van der Waals surface area contributed by atoms with Gasteiger partial charge >= 0.3 is 0 Å². The third-order valence-electron chi connectivity index (χ3n) is 5.00. The van der Waals surface area contributed by atoms with E-state index in [1.54, 1.807) is 6.07 Å². The lowest BCUT2D eigenvalue weighted by atomic mass is 10.0. The molecule has 1 fully saturated rings. The molecule has 0 aromatic heterocycles. The second-order valence-electron chi connectivity index (χ2n) is 6.75. The summed E-state index contributed by atoms with van der Waals surface area (Å²) in [5, 5.41) is 5.46. The zero-order valence-corrected chi connectivity index (χ0v) is 14.5.